The number of hydrogen-bond acceptors (Lipinski definition) is 2. The van der Waals surface area contributed by atoms with E-state index in [1.807, 2.05) is 0 Å². The monoisotopic (exact) mass is 132 g/mol. The first-order chi connectivity index (χ1) is 3.79. The Morgan fingerprint density at radius 2 is 2.00 bits per heavy atom. The van der Waals surface area contributed by atoms with Gasteiger partial charge in [0, 0.05) is 0 Å². The predicted molar refractivity (Wildman–Crippen MR) is 27.6 cm³/mol. The van der Waals surface area contributed by atoms with Crippen molar-refractivity contribution in [3.05, 3.63) is 24.3 Å². The van der Waals surface area contributed by atoms with Crippen LogP contribution < -0.4 is 34.7 Å². The van der Waals surface area contributed by atoms with E-state index in [9.17, 15) is 5.11 Å². The molecular weight excluding hydrogens is 127 g/mol. The van der Waals surface area contributed by atoms with Crippen LogP contribution in [0.25, 0.3) is 0 Å². The van der Waals surface area contributed by atoms with Gasteiger partial charge < -0.3 is 10.2 Å². The van der Waals surface area contributed by atoms with Crippen LogP contribution in [0.4, 0.5) is 0 Å². The molecule has 0 atom stereocenters. The number of rotatable bonds is 0. The summed E-state index contributed by atoms with van der Waals surface area (Å²) < 4.78 is 0. The first-order valence-electron chi connectivity index (χ1n) is 2.25. The minimum Gasteiger partial charge on any atom is -0.872 e. The van der Waals surface area contributed by atoms with Gasteiger partial charge >= 0.3 is 29.6 Å². The predicted octanol–water partition coefficient (Wildman–Crippen LogP) is -2.53. The van der Waals surface area contributed by atoms with E-state index >= 15 is 0 Å². The van der Waals surface area contributed by atoms with Gasteiger partial charge in [0.1, 0.15) is 5.75 Å². The fourth-order valence-electron chi connectivity index (χ4n) is 0.484. The third kappa shape index (κ3) is 2.75. The molecule has 0 aliphatic carbocycles. The average molecular weight is 132 g/mol. The first-order valence-corrected chi connectivity index (χ1v) is 2.25. The van der Waals surface area contributed by atoms with Crippen molar-refractivity contribution >= 4 is 0 Å². The Hall–Kier alpha value is -0.180. The number of phenolic OH excluding ortho intramolecular Hbond substituents is 1. The van der Waals surface area contributed by atoms with Crippen molar-refractivity contribution in [2.75, 3.05) is 0 Å². The van der Waals surface area contributed by atoms with Crippen LogP contribution in [-0.4, -0.2) is 5.11 Å². The Kier molecular flexibility index (Phi) is 3.70. The Bertz CT molecular complexity index is 171. The van der Waals surface area contributed by atoms with Gasteiger partial charge in [-0.05, 0) is 12.1 Å². The molecule has 42 valence electrons. The zero-order valence-electron chi connectivity index (χ0n) is 5.16. The normalized spacial score (nSPS) is 8.00. The maximum atomic E-state index is 10.3. The van der Waals surface area contributed by atoms with Crippen molar-refractivity contribution in [2.45, 2.75) is 0 Å². The summed E-state index contributed by atoms with van der Waals surface area (Å²) in [5, 5.41) is 18.9. The molecule has 0 radical (unpaired) electrons. The smallest absolute Gasteiger partial charge is 0.872 e. The van der Waals surface area contributed by atoms with E-state index in [1.54, 1.807) is 0 Å². The molecule has 0 saturated carbocycles. The van der Waals surface area contributed by atoms with Gasteiger partial charge in [-0.2, -0.15) is 0 Å². The third-order valence-corrected chi connectivity index (χ3v) is 0.818. The van der Waals surface area contributed by atoms with E-state index in [4.69, 9.17) is 5.11 Å². The van der Waals surface area contributed by atoms with Gasteiger partial charge in [-0.3, -0.25) is 0 Å². The molecule has 1 rings (SSSR count). The number of benzene rings is 1. The number of hydrogen-bond donors (Lipinski definition) is 1. The summed E-state index contributed by atoms with van der Waals surface area (Å²) >= 11 is 0. The van der Waals surface area contributed by atoms with Crippen LogP contribution in [-0.2, 0) is 0 Å². The van der Waals surface area contributed by atoms with Gasteiger partial charge in [-0.25, -0.2) is 0 Å². The molecule has 1 aromatic carbocycles. The minimum absolute atomic E-state index is 0. The first kappa shape index (κ1) is 8.82. The summed E-state index contributed by atoms with van der Waals surface area (Å²) in [5.74, 6) is -0.137. The Morgan fingerprint density at radius 3 is 2.33 bits per heavy atom. The average Bonchev–Trinajstić information content (AvgIpc) is 1.64. The van der Waals surface area contributed by atoms with Crippen LogP contribution in [0.2, 0.25) is 0 Å². The minimum atomic E-state index is -0.162. The second-order valence-electron chi connectivity index (χ2n) is 1.50. The molecule has 0 bridgehead atoms. The van der Waals surface area contributed by atoms with E-state index in [1.165, 1.54) is 24.3 Å². The summed E-state index contributed by atoms with van der Waals surface area (Å²) in [7, 11) is 0. The molecular formula is C6H5NaO2. The quantitative estimate of drug-likeness (QED) is 0.395. The zero-order valence-corrected chi connectivity index (χ0v) is 7.16. The number of phenols is 1. The Balaban J connectivity index is 0.000000640. The molecule has 0 spiro atoms. The van der Waals surface area contributed by atoms with E-state index in [-0.39, 0.29) is 41.1 Å². The molecule has 1 N–H and O–H groups in total. The Morgan fingerprint density at radius 1 is 1.33 bits per heavy atom. The molecule has 0 saturated heterocycles. The van der Waals surface area contributed by atoms with Crippen LogP contribution in [0, 0.1) is 0 Å². The maximum Gasteiger partial charge on any atom is 1.00 e. The summed E-state index contributed by atoms with van der Waals surface area (Å²) in [4.78, 5) is 0. The molecule has 0 amide bonds. The van der Waals surface area contributed by atoms with Crippen LogP contribution in [0.15, 0.2) is 24.3 Å². The van der Waals surface area contributed by atoms with Crippen LogP contribution in [0.1, 0.15) is 0 Å². The third-order valence-electron chi connectivity index (χ3n) is 0.818. The topological polar surface area (TPSA) is 43.3 Å². The van der Waals surface area contributed by atoms with Gasteiger partial charge in [0.25, 0.3) is 0 Å². The fourth-order valence-corrected chi connectivity index (χ4v) is 0.484. The second kappa shape index (κ2) is 3.77. The van der Waals surface area contributed by atoms with Crippen LogP contribution in [0.3, 0.4) is 0 Å². The van der Waals surface area contributed by atoms with Crippen molar-refractivity contribution in [1.29, 1.82) is 0 Å². The van der Waals surface area contributed by atoms with E-state index in [2.05, 4.69) is 0 Å². The van der Waals surface area contributed by atoms with E-state index in [0.29, 0.717) is 0 Å². The molecule has 0 fully saturated rings. The van der Waals surface area contributed by atoms with Gasteiger partial charge in [-0.1, -0.05) is 12.1 Å². The molecule has 3 heteroatoms. The summed E-state index contributed by atoms with van der Waals surface area (Å²) in [6.45, 7) is 0. The molecule has 9 heavy (non-hydrogen) atoms. The summed E-state index contributed by atoms with van der Waals surface area (Å²) in [6, 6.07) is 5.53. The SMILES string of the molecule is [Na+].[O-]c1cccc(O)c1. The van der Waals surface area contributed by atoms with E-state index < -0.39 is 0 Å². The maximum absolute atomic E-state index is 10.3. The standard InChI is InChI=1S/C6H6O2.Na/c7-5-2-1-3-6(8)4-5;/h1-4,7-8H;/q;+1/p-1. The molecule has 0 unspecified atom stereocenters. The van der Waals surface area contributed by atoms with Crippen molar-refractivity contribution < 1.29 is 39.8 Å². The molecule has 0 heterocycles. The zero-order chi connectivity index (χ0) is 5.98. The van der Waals surface area contributed by atoms with Crippen molar-refractivity contribution in [2.24, 2.45) is 0 Å². The second-order valence-corrected chi connectivity index (χ2v) is 1.50. The van der Waals surface area contributed by atoms with E-state index in [0.717, 1.165) is 0 Å². The van der Waals surface area contributed by atoms with Crippen molar-refractivity contribution in [3.8, 4) is 11.5 Å². The number of aromatic hydroxyl groups is 1. The van der Waals surface area contributed by atoms with Crippen molar-refractivity contribution in [1.82, 2.24) is 0 Å². The van der Waals surface area contributed by atoms with Gasteiger partial charge in [0.15, 0.2) is 0 Å². The van der Waals surface area contributed by atoms with Crippen molar-refractivity contribution in [3.63, 3.8) is 0 Å². The van der Waals surface area contributed by atoms with Crippen LogP contribution >= 0.6 is 0 Å². The fraction of sp³-hybridized carbons (Fsp3) is 0. The summed E-state index contributed by atoms with van der Waals surface area (Å²) in [6.07, 6.45) is 0. The molecule has 0 aliphatic heterocycles. The van der Waals surface area contributed by atoms with Gasteiger partial charge in [-0.15, -0.1) is 5.75 Å². The van der Waals surface area contributed by atoms with Gasteiger partial charge in [0.05, 0.1) is 0 Å². The summed E-state index contributed by atoms with van der Waals surface area (Å²) in [5.41, 5.74) is 0. The largest absolute Gasteiger partial charge is 1.00 e. The molecule has 1 aromatic rings. The molecule has 0 aromatic heterocycles. The Labute approximate surface area is 75.4 Å². The van der Waals surface area contributed by atoms with Gasteiger partial charge in [0.2, 0.25) is 0 Å². The molecule has 0 aliphatic rings. The van der Waals surface area contributed by atoms with Crippen LogP contribution in [0.5, 0.6) is 11.5 Å². The molecule has 2 nitrogen and oxygen atoms in total.